The fourth-order valence-corrected chi connectivity index (χ4v) is 3.73. The molecule has 2 atom stereocenters. The number of nitrogens with one attached hydrogen (secondary N) is 1. The lowest BCUT2D eigenvalue weighted by atomic mass is 10.1. The van der Waals surface area contributed by atoms with Crippen LogP contribution in [0.2, 0.25) is 0 Å². The van der Waals surface area contributed by atoms with Crippen LogP contribution in [0.25, 0.3) is 0 Å². The molecule has 1 fully saturated rings. The van der Waals surface area contributed by atoms with Crippen molar-refractivity contribution in [3.8, 4) is 5.75 Å². The maximum Gasteiger partial charge on any atom is 0.573 e. The van der Waals surface area contributed by atoms with Crippen LogP contribution in [-0.2, 0) is 14.4 Å². The molecule has 10 heteroatoms. The van der Waals surface area contributed by atoms with Crippen LogP contribution in [0.3, 0.4) is 0 Å². The molecular formula is C23H24F3N3O4. The van der Waals surface area contributed by atoms with Crippen LogP contribution in [0.15, 0.2) is 54.6 Å². The summed E-state index contributed by atoms with van der Waals surface area (Å²) in [7, 11) is 1.47. The first-order valence-corrected chi connectivity index (χ1v) is 10.3. The van der Waals surface area contributed by atoms with Gasteiger partial charge in [0.2, 0.25) is 17.7 Å². The van der Waals surface area contributed by atoms with Crippen molar-refractivity contribution in [1.29, 1.82) is 0 Å². The first kappa shape index (κ1) is 24.1. The molecule has 0 spiro atoms. The Balaban J connectivity index is 1.52. The number of nitrogens with zero attached hydrogens (tertiary/aromatic N) is 2. The number of halogens is 3. The summed E-state index contributed by atoms with van der Waals surface area (Å²) in [5, 5.41) is 2.52. The number of likely N-dealkylation sites (N-methyl/N-ethyl adjacent to an activating group) is 1. The third-order valence-electron chi connectivity index (χ3n) is 5.39. The van der Waals surface area contributed by atoms with E-state index >= 15 is 0 Å². The molecule has 3 rings (SSSR count). The van der Waals surface area contributed by atoms with E-state index in [2.05, 4.69) is 10.1 Å². The van der Waals surface area contributed by atoms with Gasteiger partial charge in [-0.15, -0.1) is 13.2 Å². The molecule has 176 valence electrons. The van der Waals surface area contributed by atoms with Gasteiger partial charge in [-0.1, -0.05) is 30.3 Å². The van der Waals surface area contributed by atoms with Gasteiger partial charge in [-0.05, 0) is 36.8 Å². The average molecular weight is 463 g/mol. The average Bonchev–Trinajstić information content (AvgIpc) is 3.15. The van der Waals surface area contributed by atoms with Crippen molar-refractivity contribution in [1.82, 2.24) is 9.80 Å². The lowest BCUT2D eigenvalue weighted by Gasteiger charge is -2.26. The zero-order valence-corrected chi connectivity index (χ0v) is 18.1. The number of carbonyl (C=O) groups excluding carboxylic acids is 3. The van der Waals surface area contributed by atoms with Gasteiger partial charge in [0.15, 0.2) is 0 Å². The highest BCUT2D eigenvalue weighted by atomic mass is 19.4. The van der Waals surface area contributed by atoms with Crippen LogP contribution in [-0.4, -0.2) is 54.0 Å². The molecule has 2 aromatic rings. The summed E-state index contributed by atoms with van der Waals surface area (Å²) < 4.78 is 40.5. The Morgan fingerprint density at radius 2 is 1.79 bits per heavy atom. The molecule has 1 aliphatic rings. The Labute approximate surface area is 189 Å². The molecule has 1 N–H and O–H groups in total. The van der Waals surface area contributed by atoms with E-state index in [-0.39, 0.29) is 43.1 Å². The van der Waals surface area contributed by atoms with E-state index < -0.39 is 23.9 Å². The molecule has 0 radical (unpaired) electrons. The molecule has 0 aliphatic carbocycles. The molecule has 1 heterocycles. The number of hydrogen-bond acceptors (Lipinski definition) is 4. The smallest absolute Gasteiger partial charge is 0.406 e. The van der Waals surface area contributed by atoms with Crippen molar-refractivity contribution in [2.24, 2.45) is 5.92 Å². The fraction of sp³-hybridized carbons (Fsp3) is 0.348. The minimum absolute atomic E-state index is 0.0721. The summed E-state index contributed by atoms with van der Waals surface area (Å²) in [5.74, 6) is -1.93. The zero-order valence-electron chi connectivity index (χ0n) is 18.1. The summed E-state index contributed by atoms with van der Waals surface area (Å²) in [6.45, 7) is 1.90. The van der Waals surface area contributed by atoms with Gasteiger partial charge in [-0.25, -0.2) is 0 Å². The van der Waals surface area contributed by atoms with Crippen LogP contribution in [0.4, 0.5) is 18.9 Å². The number of amides is 3. The normalized spacial score (nSPS) is 16.9. The molecule has 0 aromatic heterocycles. The summed E-state index contributed by atoms with van der Waals surface area (Å²) >= 11 is 0. The van der Waals surface area contributed by atoms with Crippen molar-refractivity contribution >= 4 is 23.4 Å². The summed E-state index contributed by atoms with van der Waals surface area (Å²) in [4.78, 5) is 40.5. The lowest BCUT2D eigenvalue weighted by Crippen LogP contribution is -2.39. The number of carbonyl (C=O) groups is 3. The van der Waals surface area contributed by atoms with Crippen LogP contribution < -0.4 is 10.1 Å². The Morgan fingerprint density at radius 1 is 1.15 bits per heavy atom. The predicted molar refractivity (Wildman–Crippen MR) is 114 cm³/mol. The highest BCUT2D eigenvalue weighted by Crippen LogP contribution is 2.29. The van der Waals surface area contributed by atoms with Crippen molar-refractivity contribution in [3.63, 3.8) is 0 Å². The predicted octanol–water partition coefficient (Wildman–Crippen LogP) is 3.59. The molecule has 3 amide bonds. The van der Waals surface area contributed by atoms with E-state index in [1.54, 1.807) is 4.90 Å². The van der Waals surface area contributed by atoms with Gasteiger partial charge < -0.3 is 19.9 Å². The third kappa shape index (κ3) is 6.47. The van der Waals surface area contributed by atoms with Crippen molar-refractivity contribution in [2.45, 2.75) is 25.7 Å². The molecule has 0 saturated carbocycles. The van der Waals surface area contributed by atoms with E-state index in [0.717, 1.165) is 17.7 Å². The number of benzene rings is 2. The topological polar surface area (TPSA) is 79.0 Å². The van der Waals surface area contributed by atoms with Gasteiger partial charge >= 0.3 is 6.36 Å². The van der Waals surface area contributed by atoms with E-state index in [0.29, 0.717) is 0 Å². The summed E-state index contributed by atoms with van der Waals surface area (Å²) in [6.07, 6.45) is -4.73. The maximum atomic E-state index is 12.8. The van der Waals surface area contributed by atoms with E-state index in [1.165, 1.54) is 24.1 Å². The Morgan fingerprint density at radius 3 is 2.39 bits per heavy atom. The van der Waals surface area contributed by atoms with Crippen molar-refractivity contribution in [2.75, 3.05) is 25.5 Å². The zero-order chi connectivity index (χ0) is 24.2. The molecule has 0 unspecified atom stereocenters. The number of ether oxygens (including phenoxy) is 1. The summed E-state index contributed by atoms with van der Waals surface area (Å²) in [6, 6.07) is 14.0. The summed E-state index contributed by atoms with van der Waals surface area (Å²) in [5.41, 5.74) is 1.23. The molecule has 7 nitrogen and oxygen atoms in total. The number of alkyl halides is 3. The van der Waals surface area contributed by atoms with E-state index in [4.69, 9.17) is 0 Å². The lowest BCUT2D eigenvalue weighted by molar-refractivity contribution is -0.274. The molecule has 0 bridgehead atoms. The van der Waals surface area contributed by atoms with Crippen LogP contribution in [0, 0.1) is 5.92 Å². The Hall–Kier alpha value is -3.56. The quantitative estimate of drug-likeness (QED) is 0.681. The molecule has 33 heavy (non-hydrogen) atoms. The van der Waals surface area contributed by atoms with Gasteiger partial charge in [0.1, 0.15) is 5.75 Å². The fourth-order valence-electron chi connectivity index (χ4n) is 3.73. The first-order valence-electron chi connectivity index (χ1n) is 10.3. The monoisotopic (exact) mass is 463 g/mol. The minimum Gasteiger partial charge on any atom is -0.406 e. The molecule has 1 saturated heterocycles. The highest BCUT2D eigenvalue weighted by Gasteiger charge is 2.38. The van der Waals surface area contributed by atoms with Gasteiger partial charge in [-0.2, -0.15) is 0 Å². The van der Waals surface area contributed by atoms with Crippen LogP contribution in [0.5, 0.6) is 5.75 Å². The number of likely N-dealkylation sites (tertiary alicyclic amines) is 1. The van der Waals surface area contributed by atoms with Crippen LogP contribution >= 0.6 is 0 Å². The number of rotatable bonds is 7. The highest BCUT2D eigenvalue weighted by molar-refractivity contribution is 5.96. The van der Waals surface area contributed by atoms with E-state index in [1.807, 2.05) is 37.3 Å². The van der Waals surface area contributed by atoms with Crippen molar-refractivity contribution in [3.05, 3.63) is 60.2 Å². The van der Waals surface area contributed by atoms with Crippen molar-refractivity contribution < 1.29 is 32.3 Å². The third-order valence-corrected chi connectivity index (χ3v) is 5.39. The second-order valence-corrected chi connectivity index (χ2v) is 7.85. The Kier molecular flexibility index (Phi) is 7.25. The maximum absolute atomic E-state index is 12.8. The van der Waals surface area contributed by atoms with Gasteiger partial charge in [0.05, 0.1) is 18.5 Å². The number of hydrogen-bond donors (Lipinski definition) is 1. The largest absolute Gasteiger partial charge is 0.573 e. The van der Waals surface area contributed by atoms with Gasteiger partial charge in [0, 0.05) is 25.7 Å². The second kappa shape index (κ2) is 9.93. The minimum atomic E-state index is -4.80. The molecular weight excluding hydrogens is 439 g/mol. The SMILES string of the molecule is C[C@@H](c1ccccc1)N1C[C@H](C(=O)N(C)CC(=O)Nc2ccc(OC(F)(F)F)cc2)CC1=O. The van der Waals surface area contributed by atoms with E-state index in [9.17, 15) is 27.6 Å². The standard InChI is InChI=1S/C23H24F3N3O4/c1-15(16-6-4-3-5-7-16)29-13-17(12-21(29)31)22(32)28(2)14-20(30)27-18-8-10-19(11-9-18)33-23(24,25)26/h3-11,15,17H,12-14H2,1-2H3,(H,27,30)/t15-,17+/m0/s1. The second-order valence-electron chi connectivity index (χ2n) is 7.85. The first-order chi connectivity index (χ1) is 15.5. The molecule has 2 aromatic carbocycles. The Bertz CT molecular complexity index is 996. The number of anilines is 1. The van der Waals surface area contributed by atoms with Gasteiger partial charge in [0.25, 0.3) is 0 Å². The molecule has 1 aliphatic heterocycles. The van der Waals surface area contributed by atoms with Gasteiger partial charge in [-0.3, -0.25) is 14.4 Å². The van der Waals surface area contributed by atoms with Crippen LogP contribution in [0.1, 0.15) is 24.9 Å².